The highest BCUT2D eigenvalue weighted by atomic mass is 15.0. The molecule has 0 fully saturated rings. The number of hydrogen-bond donors (Lipinski definition) is 0. The van der Waals surface area contributed by atoms with Crippen molar-refractivity contribution in [2.75, 3.05) is 7.05 Å². The Hall–Kier alpha value is -2.10. The molecule has 4 heteroatoms. The van der Waals surface area contributed by atoms with Crippen LogP contribution in [0.1, 0.15) is 0 Å². The van der Waals surface area contributed by atoms with E-state index >= 15 is 0 Å². The zero-order valence-electron chi connectivity index (χ0n) is 10.6. The first-order chi connectivity index (χ1) is 8.75. The lowest BCUT2D eigenvalue weighted by Crippen LogP contribution is -2.61. The minimum absolute atomic E-state index is 0.235. The Morgan fingerprint density at radius 2 is 2.11 bits per heavy atom. The quantitative estimate of drug-likeness (QED) is 0.458. The predicted molar refractivity (Wildman–Crippen MR) is 73.2 cm³/mol. The molecule has 18 heavy (non-hydrogen) atoms. The molecule has 0 radical (unpaired) electrons. The van der Waals surface area contributed by atoms with E-state index in [4.69, 9.17) is 0 Å². The van der Waals surface area contributed by atoms with Crippen molar-refractivity contribution in [3.8, 4) is 0 Å². The maximum atomic E-state index is 4.44. The van der Waals surface area contributed by atoms with Crippen LogP contribution >= 0.6 is 0 Å². The molecule has 88 valence electrons. The van der Waals surface area contributed by atoms with E-state index < -0.39 is 0 Å². The minimum atomic E-state index is 0.235. The molecule has 0 aromatic carbocycles. The molecule has 0 aliphatic carbocycles. The lowest BCUT2D eigenvalue weighted by Gasteiger charge is -2.21. The molecule has 3 rings (SSSR count). The number of pyridine rings is 2. The Labute approximate surface area is 107 Å². The van der Waals surface area contributed by atoms with Crippen LogP contribution in [-0.4, -0.2) is 23.7 Å². The van der Waals surface area contributed by atoms with E-state index in [1.165, 1.54) is 10.8 Å². The molecule has 2 aromatic heterocycles. The van der Waals surface area contributed by atoms with Crippen LogP contribution in [0.25, 0.3) is 12.2 Å². The summed E-state index contributed by atoms with van der Waals surface area (Å²) in [6.45, 7) is 0.235. The highest BCUT2D eigenvalue weighted by Gasteiger charge is 2.28. The Balaban J connectivity index is 2.16. The summed E-state index contributed by atoms with van der Waals surface area (Å²) in [6.07, 6.45) is 6.07. The zero-order valence-corrected chi connectivity index (χ0v) is 10.6. The largest absolute Gasteiger partial charge is 0.411 e. The summed E-state index contributed by atoms with van der Waals surface area (Å²) in [5.41, 5.74) is 1.26. The lowest BCUT2D eigenvalue weighted by atomic mass is 9.56. The normalized spacial score (nSPS) is 13.7. The van der Waals surface area contributed by atoms with Gasteiger partial charge >= 0.3 is 6.85 Å². The molecule has 0 saturated heterocycles. The zero-order chi connectivity index (χ0) is 12.5. The summed E-state index contributed by atoms with van der Waals surface area (Å²) in [5, 5.41) is 2.24. The van der Waals surface area contributed by atoms with Crippen LogP contribution in [0.15, 0.2) is 42.7 Å². The summed E-state index contributed by atoms with van der Waals surface area (Å²) < 4.78 is 2.15. The molecule has 0 spiro atoms. The summed E-state index contributed by atoms with van der Waals surface area (Å²) in [5.74, 6) is 2.21. The first-order valence-electron chi connectivity index (χ1n) is 6.07. The van der Waals surface area contributed by atoms with Crippen molar-refractivity contribution in [2.24, 2.45) is 7.05 Å². The standard InChI is InChI=1S/C14H15BN3/c1-17-9-4-3-7-14(17)15-10-13-12(11-18(15)2)6-5-8-16-13/h3-11H,1-2H3/q+1. The maximum absolute atomic E-state index is 4.44. The number of nitrogens with zero attached hydrogens (tertiary/aromatic N) is 3. The molecular formula is C14H15BN3+. The van der Waals surface area contributed by atoms with Crippen LogP contribution in [0.3, 0.4) is 0 Å². The number of rotatable bonds is 1. The first-order valence-corrected chi connectivity index (χ1v) is 6.07. The van der Waals surface area contributed by atoms with Crippen LogP contribution in [0.2, 0.25) is 0 Å². The fourth-order valence-corrected chi connectivity index (χ4v) is 2.38. The van der Waals surface area contributed by atoms with Gasteiger partial charge in [-0.1, -0.05) is 12.0 Å². The van der Waals surface area contributed by atoms with E-state index in [0.29, 0.717) is 0 Å². The fraction of sp³-hybridized carbons (Fsp3) is 0.143. The minimum Gasteiger partial charge on any atom is -0.411 e. The van der Waals surface area contributed by atoms with E-state index in [1.54, 1.807) is 0 Å². The van der Waals surface area contributed by atoms with Gasteiger partial charge in [-0.05, 0) is 31.4 Å². The van der Waals surface area contributed by atoms with Crippen LogP contribution < -0.4 is 20.7 Å². The second kappa shape index (κ2) is 4.29. The van der Waals surface area contributed by atoms with Crippen LogP contribution in [0.4, 0.5) is 0 Å². The number of hydrogen-bond acceptors (Lipinski definition) is 2. The fourth-order valence-electron chi connectivity index (χ4n) is 2.38. The van der Waals surface area contributed by atoms with Crippen molar-refractivity contribution in [2.45, 2.75) is 0 Å². The van der Waals surface area contributed by atoms with Crippen molar-refractivity contribution in [3.05, 3.63) is 53.3 Å². The van der Waals surface area contributed by atoms with Gasteiger partial charge in [0.1, 0.15) is 7.05 Å². The molecule has 0 bridgehead atoms. The molecule has 3 heterocycles. The van der Waals surface area contributed by atoms with Gasteiger partial charge in [0.15, 0.2) is 11.8 Å². The first kappa shape index (κ1) is 11.0. The number of aryl methyl sites for hydroxylation is 1. The van der Waals surface area contributed by atoms with E-state index in [-0.39, 0.29) is 6.85 Å². The smallest absolute Gasteiger partial charge is 0.398 e. The predicted octanol–water partition coefficient (Wildman–Crippen LogP) is -1.19. The van der Waals surface area contributed by atoms with Gasteiger partial charge in [0.25, 0.3) is 0 Å². The molecule has 3 nitrogen and oxygen atoms in total. The summed E-state index contributed by atoms with van der Waals surface area (Å²) in [7, 11) is 4.18. The monoisotopic (exact) mass is 236 g/mol. The Bertz CT molecular complexity index is 696. The summed E-state index contributed by atoms with van der Waals surface area (Å²) >= 11 is 0. The van der Waals surface area contributed by atoms with Gasteiger partial charge in [-0.15, -0.1) is 0 Å². The van der Waals surface area contributed by atoms with Gasteiger partial charge in [0, 0.05) is 17.5 Å². The van der Waals surface area contributed by atoms with E-state index in [1.807, 2.05) is 18.3 Å². The molecule has 1 aliphatic heterocycles. The molecule has 1 aliphatic rings. The second-order valence-corrected chi connectivity index (χ2v) is 4.62. The van der Waals surface area contributed by atoms with E-state index in [2.05, 4.69) is 65.0 Å². The average Bonchev–Trinajstić information content (AvgIpc) is 2.39. The van der Waals surface area contributed by atoms with E-state index in [0.717, 1.165) is 5.35 Å². The van der Waals surface area contributed by atoms with Crippen molar-refractivity contribution in [1.29, 1.82) is 0 Å². The van der Waals surface area contributed by atoms with Crippen molar-refractivity contribution < 1.29 is 4.57 Å². The number of aromatic nitrogens is 2. The van der Waals surface area contributed by atoms with Gasteiger partial charge in [-0.3, -0.25) is 4.98 Å². The Morgan fingerprint density at radius 1 is 1.22 bits per heavy atom. The topological polar surface area (TPSA) is 20.0 Å². The molecule has 0 N–H and O–H groups in total. The van der Waals surface area contributed by atoms with Gasteiger partial charge in [0.05, 0.1) is 5.35 Å². The third kappa shape index (κ3) is 1.80. The molecule has 0 unspecified atom stereocenters. The van der Waals surface area contributed by atoms with Crippen LogP contribution in [0, 0.1) is 0 Å². The van der Waals surface area contributed by atoms with E-state index in [9.17, 15) is 0 Å². The average molecular weight is 236 g/mol. The highest BCUT2D eigenvalue weighted by molar-refractivity contribution is 6.82. The highest BCUT2D eigenvalue weighted by Crippen LogP contribution is 1.96. The van der Waals surface area contributed by atoms with Gasteiger partial charge in [-0.2, -0.15) is 0 Å². The molecular weight excluding hydrogens is 221 g/mol. The summed E-state index contributed by atoms with van der Waals surface area (Å²) in [4.78, 5) is 6.66. The van der Waals surface area contributed by atoms with Crippen molar-refractivity contribution in [3.63, 3.8) is 0 Å². The third-order valence-electron chi connectivity index (χ3n) is 3.37. The second-order valence-electron chi connectivity index (χ2n) is 4.62. The van der Waals surface area contributed by atoms with Crippen LogP contribution in [-0.2, 0) is 7.05 Å². The Kier molecular flexibility index (Phi) is 2.63. The van der Waals surface area contributed by atoms with Crippen molar-refractivity contribution >= 4 is 24.6 Å². The molecule has 0 amide bonds. The van der Waals surface area contributed by atoms with Gasteiger partial charge in [0.2, 0.25) is 0 Å². The molecule has 0 saturated carbocycles. The molecule has 2 aromatic rings. The summed E-state index contributed by atoms with van der Waals surface area (Å²) in [6, 6.07) is 10.3. The third-order valence-corrected chi connectivity index (χ3v) is 3.37. The molecule has 0 atom stereocenters. The maximum Gasteiger partial charge on any atom is 0.398 e. The number of fused-ring (bicyclic) bond motifs is 1. The SMILES string of the molecule is CN1C=c2cccnc2=CB1c1cccc[n+]1C. The van der Waals surface area contributed by atoms with Crippen molar-refractivity contribution in [1.82, 2.24) is 9.79 Å². The Morgan fingerprint density at radius 3 is 2.94 bits per heavy atom. The van der Waals surface area contributed by atoms with Crippen LogP contribution in [0.5, 0.6) is 0 Å². The van der Waals surface area contributed by atoms with Gasteiger partial charge < -0.3 is 4.81 Å². The lowest BCUT2D eigenvalue weighted by molar-refractivity contribution is -0.654. The van der Waals surface area contributed by atoms with Gasteiger partial charge in [-0.25, -0.2) is 4.57 Å².